The molecule has 3 rings (SSSR count). The lowest BCUT2D eigenvalue weighted by Gasteiger charge is -2.33. The van der Waals surface area contributed by atoms with Gasteiger partial charge < -0.3 is 15.1 Å². The van der Waals surface area contributed by atoms with Gasteiger partial charge in [0.15, 0.2) is 0 Å². The minimum atomic E-state index is 0.236. The molecule has 1 saturated carbocycles. The molecule has 0 aromatic rings. The fourth-order valence-electron chi connectivity index (χ4n) is 4.07. The third kappa shape index (κ3) is 3.39. The number of amides is 2. The van der Waals surface area contributed by atoms with E-state index in [1.165, 1.54) is 32.1 Å². The van der Waals surface area contributed by atoms with Crippen molar-refractivity contribution in [2.75, 3.05) is 20.1 Å². The molecule has 3 fully saturated rings. The van der Waals surface area contributed by atoms with Crippen LogP contribution in [-0.4, -0.2) is 59.9 Å². The fourth-order valence-corrected chi connectivity index (χ4v) is 4.07. The van der Waals surface area contributed by atoms with Gasteiger partial charge in [0.1, 0.15) is 0 Å². The lowest BCUT2D eigenvalue weighted by Crippen LogP contribution is -2.50. The molecule has 2 unspecified atom stereocenters. The predicted molar refractivity (Wildman–Crippen MR) is 80.8 cm³/mol. The van der Waals surface area contributed by atoms with Crippen LogP contribution in [0.2, 0.25) is 0 Å². The van der Waals surface area contributed by atoms with Gasteiger partial charge in [-0.15, -0.1) is 0 Å². The number of hydrogen-bond acceptors (Lipinski definition) is 3. The zero-order chi connectivity index (χ0) is 14.8. The fraction of sp³-hybridized carbons (Fsp3) is 0.875. The lowest BCUT2D eigenvalue weighted by molar-refractivity contribution is -0.132. The first-order valence-electron chi connectivity index (χ1n) is 8.43. The summed E-state index contributed by atoms with van der Waals surface area (Å²) in [6.45, 7) is 1.63. The third-order valence-corrected chi connectivity index (χ3v) is 5.27. The van der Waals surface area contributed by atoms with Crippen LogP contribution >= 0.6 is 0 Å². The highest BCUT2D eigenvalue weighted by molar-refractivity contribution is 5.79. The number of nitrogens with one attached hydrogen (secondary N) is 1. The maximum atomic E-state index is 12.3. The zero-order valence-corrected chi connectivity index (χ0v) is 13.0. The van der Waals surface area contributed by atoms with Crippen LogP contribution in [0.3, 0.4) is 0 Å². The van der Waals surface area contributed by atoms with E-state index in [0.717, 1.165) is 19.5 Å². The van der Waals surface area contributed by atoms with Crippen molar-refractivity contribution in [2.45, 2.75) is 69.5 Å². The minimum Gasteiger partial charge on any atom is -0.344 e. The monoisotopic (exact) mass is 293 g/mol. The van der Waals surface area contributed by atoms with Gasteiger partial charge in [0.05, 0.1) is 0 Å². The maximum Gasteiger partial charge on any atom is 0.224 e. The van der Waals surface area contributed by atoms with Crippen molar-refractivity contribution in [3.05, 3.63) is 0 Å². The molecule has 2 atom stereocenters. The number of nitrogens with zero attached hydrogens (tertiary/aromatic N) is 2. The van der Waals surface area contributed by atoms with Gasteiger partial charge in [0.25, 0.3) is 0 Å². The number of piperidine rings is 1. The Morgan fingerprint density at radius 3 is 2.43 bits per heavy atom. The van der Waals surface area contributed by atoms with Gasteiger partial charge >= 0.3 is 0 Å². The minimum absolute atomic E-state index is 0.236. The summed E-state index contributed by atoms with van der Waals surface area (Å²) in [5, 5.41) is 3.61. The molecule has 21 heavy (non-hydrogen) atoms. The molecule has 2 heterocycles. The molecular weight excluding hydrogens is 266 g/mol. The van der Waals surface area contributed by atoms with E-state index < -0.39 is 0 Å². The standard InChI is InChI=1S/C16H27N3O2/c1-18-10-12(7-8-15(18)20)17-13-9-16(21)19(11-13)14-5-3-2-4-6-14/h12-14,17H,2-11H2,1H3. The van der Waals surface area contributed by atoms with E-state index in [9.17, 15) is 9.59 Å². The average Bonchev–Trinajstić information content (AvgIpc) is 2.84. The molecule has 2 aliphatic heterocycles. The third-order valence-electron chi connectivity index (χ3n) is 5.27. The highest BCUT2D eigenvalue weighted by Crippen LogP contribution is 2.26. The van der Waals surface area contributed by atoms with E-state index in [1.807, 2.05) is 7.05 Å². The molecule has 118 valence electrons. The first-order chi connectivity index (χ1) is 10.1. The molecule has 2 saturated heterocycles. The van der Waals surface area contributed by atoms with Gasteiger partial charge in [-0.2, -0.15) is 0 Å². The number of hydrogen-bond donors (Lipinski definition) is 1. The Labute approximate surface area is 127 Å². The molecule has 1 aliphatic carbocycles. The number of likely N-dealkylation sites (tertiary alicyclic amines) is 2. The second-order valence-corrected chi connectivity index (χ2v) is 6.92. The Bertz CT molecular complexity index is 406. The largest absolute Gasteiger partial charge is 0.344 e. The number of carbonyl (C=O) groups is 2. The van der Waals surface area contributed by atoms with Crippen LogP contribution in [0.5, 0.6) is 0 Å². The summed E-state index contributed by atoms with van der Waals surface area (Å²) < 4.78 is 0. The molecule has 0 aromatic carbocycles. The number of rotatable bonds is 3. The second-order valence-electron chi connectivity index (χ2n) is 6.92. The summed E-state index contributed by atoms with van der Waals surface area (Å²) in [6, 6.07) is 1.09. The predicted octanol–water partition coefficient (Wildman–Crippen LogP) is 1.13. The molecule has 2 amide bonds. The summed E-state index contributed by atoms with van der Waals surface area (Å²) in [7, 11) is 1.87. The van der Waals surface area contributed by atoms with Crippen LogP contribution in [0, 0.1) is 0 Å². The van der Waals surface area contributed by atoms with E-state index in [2.05, 4.69) is 10.2 Å². The van der Waals surface area contributed by atoms with Crippen molar-refractivity contribution < 1.29 is 9.59 Å². The van der Waals surface area contributed by atoms with Crippen LogP contribution in [-0.2, 0) is 9.59 Å². The van der Waals surface area contributed by atoms with E-state index in [-0.39, 0.29) is 11.9 Å². The maximum absolute atomic E-state index is 12.3. The number of likely N-dealkylation sites (N-methyl/N-ethyl adjacent to an activating group) is 1. The molecule has 0 spiro atoms. The van der Waals surface area contributed by atoms with Gasteiger partial charge in [-0.05, 0) is 19.3 Å². The Morgan fingerprint density at radius 1 is 0.952 bits per heavy atom. The van der Waals surface area contributed by atoms with Crippen molar-refractivity contribution in [3.63, 3.8) is 0 Å². The van der Waals surface area contributed by atoms with Gasteiger partial charge in [-0.25, -0.2) is 0 Å². The normalized spacial score (nSPS) is 32.0. The second kappa shape index (κ2) is 6.34. The highest BCUT2D eigenvalue weighted by atomic mass is 16.2. The summed E-state index contributed by atoms with van der Waals surface area (Å²) in [4.78, 5) is 27.7. The van der Waals surface area contributed by atoms with E-state index >= 15 is 0 Å². The molecule has 0 aromatic heterocycles. The van der Waals surface area contributed by atoms with Gasteiger partial charge in [-0.3, -0.25) is 9.59 Å². The lowest BCUT2D eigenvalue weighted by atomic mass is 9.94. The Morgan fingerprint density at radius 2 is 1.71 bits per heavy atom. The van der Waals surface area contributed by atoms with E-state index in [4.69, 9.17) is 0 Å². The van der Waals surface area contributed by atoms with Gasteiger partial charge in [0.2, 0.25) is 11.8 Å². The van der Waals surface area contributed by atoms with Crippen LogP contribution in [0.15, 0.2) is 0 Å². The summed E-state index contributed by atoms with van der Waals surface area (Å²) in [6.07, 6.45) is 8.37. The molecule has 5 nitrogen and oxygen atoms in total. The van der Waals surface area contributed by atoms with Crippen LogP contribution in [0.4, 0.5) is 0 Å². The average molecular weight is 293 g/mol. The van der Waals surface area contributed by atoms with Crippen molar-refractivity contribution >= 4 is 11.8 Å². The van der Waals surface area contributed by atoms with Crippen LogP contribution in [0.25, 0.3) is 0 Å². The number of carbonyl (C=O) groups excluding carboxylic acids is 2. The molecule has 5 heteroatoms. The molecular formula is C16H27N3O2. The summed E-state index contributed by atoms with van der Waals surface area (Å²) in [5.74, 6) is 0.555. The van der Waals surface area contributed by atoms with E-state index in [0.29, 0.717) is 30.8 Å². The molecule has 3 aliphatic rings. The van der Waals surface area contributed by atoms with Gasteiger partial charge in [0, 0.05) is 51.1 Å². The van der Waals surface area contributed by atoms with Crippen molar-refractivity contribution in [2.24, 2.45) is 0 Å². The van der Waals surface area contributed by atoms with Gasteiger partial charge in [-0.1, -0.05) is 19.3 Å². The van der Waals surface area contributed by atoms with Crippen LogP contribution in [0.1, 0.15) is 51.4 Å². The molecule has 0 bridgehead atoms. The van der Waals surface area contributed by atoms with Crippen LogP contribution < -0.4 is 5.32 Å². The molecule has 1 N–H and O–H groups in total. The summed E-state index contributed by atoms with van der Waals surface area (Å²) >= 11 is 0. The molecule has 0 radical (unpaired) electrons. The van der Waals surface area contributed by atoms with Crippen molar-refractivity contribution in [3.8, 4) is 0 Å². The zero-order valence-electron chi connectivity index (χ0n) is 13.0. The Hall–Kier alpha value is -1.10. The highest BCUT2D eigenvalue weighted by Gasteiger charge is 2.36. The Kier molecular flexibility index (Phi) is 4.48. The van der Waals surface area contributed by atoms with Crippen molar-refractivity contribution in [1.82, 2.24) is 15.1 Å². The topological polar surface area (TPSA) is 52.7 Å². The first kappa shape index (κ1) is 14.8. The smallest absolute Gasteiger partial charge is 0.224 e. The first-order valence-corrected chi connectivity index (χ1v) is 8.43. The SMILES string of the molecule is CN1CC(NC2CC(=O)N(C3CCCCC3)C2)CCC1=O. The quantitative estimate of drug-likeness (QED) is 0.849. The van der Waals surface area contributed by atoms with E-state index in [1.54, 1.807) is 4.90 Å². The van der Waals surface area contributed by atoms with Crippen molar-refractivity contribution in [1.29, 1.82) is 0 Å². The Balaban J connectivity index is 1.51. The summed E-state index contributed by atoms with van der Waals surface area (Å²) in [5.41, 5.74) is 0.